The highest BCUT2D eigenvalue weighted by Crippen LogP contribution is 2.15. The monoisotopic (exact) mass is 462 g/mol. The molecule has 0 aromatic carbocycles. The molecule has 2 amide bonds. The van der Waals surface area contributed by atoms with Gasteiger partial charge in [-0.1, -0.05) is 25.7 Å². The van der Waals surface area contributed by atoms with E-state index in [4.69, 9.17) is 0 Å². The highest BCUT2D eigenvalue weighted by molar-refractivity contribution is 5.81. The first-order valence-corrected chi connectivity index (χ1v) is 12.2. The van der Waals surface area contributed by atoms with Crippen LogP contribution < -0.4 is 31.9 Å². The van der Waals surface area contributed by atoms with Gasteiger partial charge in [-0.2, -0.15) is 0 Å². The van der Waals surface area contributed by atoms with Crippen LogP contribution in [0.5, 0.6) is 0 Å². The van der Waals surface area contributed by atoms with Crippen molar-refractivity contribution in [3.63, 3.8) is 0 Å². The van der Waals surface area contributed by atoms with Crippen molar-refractivity contribution in [2.45, 2.75) is 63.7 Å². The molecule has 7 aliphatic rings. The highest BCUT2D eigenvalue weighted by atomic mass is 19.1. The lowest BCUT2D eigenvalue weighted by Gasteiger charge is -2.17. The first-order valence-electron chi connectivity index (χ1n) is 12.2. The van der Waals surface area contributed by atoms with Gasteiger partial charge in [-0.3, -0.25) is 9.59 Å². The van der Waals surface area contributed by atoms with E-state index in [0.717, 1.165) is 25.9 Å². The average Bonchev–Trinajstić information content (AvgIpc) is 2.51. The Morgan fingerprint density at radius 2 is 0.688 bits per heavy atom. The van der Waals surface area contributed by atoms with E-state index in [0.29, 0.717) is 26.2 Å². The quantitative estimate of drug-likeness (QED) is 0.291. The molecule has 188 valence electrons. The third-order valence-corrected chi connectivity index (χ3v) is 5.23. The number of amides is 2. The molecule has 0 bridgehead atoms. The molecule has 0 radical (unpaired) electrons. The van der Waals surface area contributed by atoms with Crippen LogP contribution in [0.4, 0.5) is 8.78 Å². The van der Waals surface area contributed by atoms with Gasteiger partial charge in [-0.15, -0.1) is 0 Å². The number of hydrogen-bond donors (Lipinski definition) is 6. The number of nitrogens with one attached hydrogen (secondary N) is 6. The van der Waals surface area contributed by atoms with E-state index in [1.165, 1.54) is 64.7 Å². The normalized spacial score (nSPS) is 23.4. The Morgan fingerprint density at radius 3 is 0.688 bits per heavy atom. The summed E-state index contributed by atoms with van der Waals surface area (Å²) >= 11 is 0. The van der Waals surface area contributed by atoms with E-state index in [2.05, 4.69) is 31.9 Å². The van der Waals surface area contributed by atoms with Gasteiger partial charge in [0, 0.05) is 52.1 Å². The largest absolute Gasteiger partial charge is 0.356 e. The van der Waals surface area contributed by atoms with E-state index in [-0.39, 0.29) is 11.8 Å². The van der Waals surface area contributed by atoms with Crippen LogP contribution in [0.1, 0.15) is 51.4 Å². The fourth-order valence-electron chi connectivity index (χ4n) is 1.56. The maximum absolute atomic E-state index is 11.5. The van der Waals surface area contributed by atoms with Crippen molar-refractivity contribution in [2.75, 3.05) is 65.4 Å². The molecule has 10 heteroatoms. The molecule has 1 saturated carbocycles. The van der Waals surface area contributed by atoms with Crippen molar-refractivity contribution >= 4 is 11.8 Å². The fourth-order valence-corrected chi connectivity index (χ4v) is 1.56. The Balaban J connectivity index is 0.000000187. The topological polar surface area (TPSA) is 106 Å². The minimum Gasteiger partial charge on any atom is -0.356 e. The van der Waals surface area contributed by atoms with Gasteiger partial charge in [0.2, 0.25) is 11.8 Å². The number of carbonyl (C=O) groups is 2. The summed E-state index contributed by atoms with van der Waals surface area (Å²) < 4.78 is 22.9. The molecule has 6 aliphatic heterocycles. The summed E-state index contributed by atoms with van der Waals surface area (Å²) in [5, 5.41) is 16.9. The highest BCUT2D eigenvalue weighted by Gasteiger charge is 2.13. The van der Waals surface area contributed by atoms with Gasteiger partial charge < -0.3 is 31.9 Å². The molecule has 1 aliphatic carbocycles. The Bertz CT molecular complexity index is 394. The molecule has 0 spiro atoms. The number of β-lactam (4-membered cyclic amide) rings is 2. The van der Waals surface area contributed by atoms with E-state index in [1.807, 2.05) is 0 Å². The van der Waals surface area contributed by atoms with Gasteiger partial charge in [-0.05, 0) is 39.0 Å². The summed E-state index contributed by atoms with van der Waals surface area (Å²) in [6.45, 7) is 9.05. The van der Waals surface area contributed by atoms with Crippen LogP contribution in [0, 0.1) is 0 Å². The molecule has 6 saturated heterocycles. The van der Waals surface area contributed by atoms with Crippen LogP contribution in [-0.2, 0) is 9.59 Å². The van der Waals surface area contributed by atoms with Gasteiger partial charge in [0.1, 0.15) is 12.3 Å². The number of hydrogen-bond acceptors (Lipinski definition) is 6. The molecular formula is C22H44F2N6O2. The predicted octanol–water partition coefficient (Wildman–Crippen LogP) is 0.388. The molecule has 7 fully saturated rings. The summed E-state index contributed by atoms with van der Waals surface area (Å²) in [5.74, 6) is 0.370. The van der Waals surface area contributed by atoms with E-state index in [9.17, 15) is 18.4 Å². The van der Waals surface area contributed by atoms with Crippen molar-refractivity contribution in [3.8, 4) is 0 Å². The predicted molar refractivity (Wildman–Crippen MR) is 124 cm³/mol. The number of carbonyl (C=O) groups excluding carboxylic acids is 2. The SMILES string of the molecule is C1CCC1.C1CNC1.C1CNC1.FC1CNC1.FC1CNC1.O=C1CCN1.O=C1CCN1. The summed E-state index contributed by atoms with van der Waals surface area (Å²) in [6.07, 6.45) is 9.16. The molecule has 32 heavy (non-hydrogen) atoms. The van der Waals surface area contributed by atoms with Crippen molar-refractivity contribution < 1.29 is 18.4 Å². The molecule has 6 N–H and O–H groups in total. The van der Waals surface area contributed by atoms with E-state index >= 15 is 0 Å². The van der Waals surface area contributed by atoms with Crippen molar-refractivity contribution in [1.82, 2.24) is 31.9 Å². The maximum atomic E-state index is 11.5. The minimum atomic E-state index is -0.546. The lowest BCUT2D eigenvalue weighted by atomic mass is 10.0. The second kappa shape index (κ2) is 20.3. The van der Waals surface area contributed by atoms with Crippen molar-refractivity contribution in [3.05, 3.63) is 0 Å². The third kappa shape index (κ3) is 18.2. The Morgan fingerprint density at radius 1 is 0.500 bits per heavy atom. The van der Waals surface area contributed by atoms with Crippen LogP contribution >= 0.6 is 0 Å². The molecule has 0 atom stereocenters. The van der Waals surface area contributed by atoms with E-state index in [1.54, 1.807) is 0 Å². The van der Waals surface area contributed by atoms with Crippen LogP contribution in [0.15, 0.2) is 0 Å². The lowest BCUT2D eigenvalue weighted by Crippen LogP contribution is -2.43. The molecular weight excluding hydrogens is 418 g/mol. The second-order valence-corrected chi connectivity index (χ2v) is 8.33. The number of alkyl halides is 2. The lowest BCUT2D eigenvalue weighted by molar-refractivity contribution is -0.126. The molecule has 0 aromatic rings. The van der Waals surface area contributed by atoms with Crippen LogP contribution in [0.3, 0.4) is 0 Å². The van der Waals surface area contributed by atoms with Gasteiger partial charge in [0.05, 0.1) is 0 Å². The zero-order valence-electron chi connectivity index (χ0n) is 19.5. The standard InChI is InChI=1S/C4H8.2C3H6FN.2C3H5NO.2C3H7N/c1-2-4-3-1;2*4-3-1-5-2-3;2*5-3-1-2-4-3;2*1-2-4-3-1/h1-4H2;2*3,5H,1-2H2;2*1-2H2,(H,4,5);2*4H,1-3H2. The van der Waals surface area contributed by atoms with E-state index < -0.39 is 12.3 Å². The molecule has 0 aromatic heterocycles. The maximum Gasteiger partial charge on any atom is 0.221 e. The first-order chi connectivity index (χ1) is 15.6. The molecule has 7 rings (SSSR count). The Labute approximate surface area is 191 Å². The van der Waals surface area contributed by atoms with Crippen LogP contribution in [0.25, 0.3) is 0 Å². The summed E-state index contributed by atoms with van der Waals surface area (Å²) in [7, 11) is 0. The molecule has 6 heterocycles. The minimum absolute atomic E-state index is 0.185. The summed E-state index contributed by atoms with van der Waals surface area (Å²) in [5.41, 5.74) is 0. The molecule has 0 unspecified atom stereocenters. The smallest absolute Gasteiger partial charge is 0.221 e. The first kappa shape index (κ1) is 28.7. The number of halogens is 2. The van der Waals surface area contributed by atoms with Gasteiger partial charge in [0.15, 0.2) is 0 Å². The number of rotatable bonds is 0. The average molecular weight is 463 g/mol. The fraction of sp³-hybridized carbons (Fsp3) is 0.909. The molecule has 8 nitrogen and oxygen atoms in total. The second-order valence-electron chi connectivity index (χ2n) is 8.33. The Kier molecular flexibility index (Phi) is 18.2. The Hall–Kier alpha value is -1.36. The van der Waals surface area contributed by atoms with Crippen LogP contribution in [0.2, 0.25) is 0 Å². The van der Waals surface area contributed by atoms with Crippen LogP contribution in [-0.4, -0.2) is 89.6 Å². The summed E-state index contributed by atoms with van der Waals surface area (Å²) in [6, 6.07) is 0. The third-order valence-electron chi connectivity index (χ3n) is 5.23. The van der Waals surface area contributed by atoms with Gasteiger partial charge in [0.25, 0.3) is 0 Å². The van der Waals surface area contributed by atoms with Gasteiger partial charge in [-0.25, -0.2) is 8.78 Å². The van der Waals surface area contributed by atoms with Crippen molar-refractivity contribution in [2.24, 2.45) is 0 Å². The van der Waals surface area contributed by atoms with Gasteiger partial charge >= 0.3 is 0 Å². The zero-order valence-corrected chi connectivity index (χ0v) is 19.5. The van der Waals surface area contributed by atoms with Crippen molar-refractivity contribution in [1.29, 1.82) is 0 Å². The summed E-state index contributed by atoms with van der Waals surface area (Å²) in [4.78, 5) is 19.6. The zero-order chi connectivity index (χ0) is 23.3.